The van der Waals surface area contributed by atoms with E-state index in [1.807, 2.05) is 6.92 Å². The molecule has 1 rings (SSSR count). The van der Waals surface area contributed by atoms with E-state index in [0.29, 0.717) is 18.8 Å². The maximum absolute atomic E-state index is 13.5. The molecular formula is C12H15FO3. The summed E-state index contributed by atoms with van der Waals surface area (Å²) in [5, 5.41) is 8.49. The van der Waals surface area contributed by atoms with Crippen LogP contribution in [0.25, 0.3) is 0 Å². The normalized spacial score (nSPS) is 10.4. The summed E-state index contributed by atoms with van der Waals surface area (Å²) < 4.78 is 18.6. The molecule has 4 heteroatoms. The minimum atomic E-state index is -0.919. The molecule has 1 aromatic carbocycles. The molecule has 0 aliphatic carbocycles. The first kappa shape index (κ1) is 12.6. The highest BCUT2D eigenvalue weighted by molar-refractivity contribution is 5.67. The first-order valence-corrected chi connectivity index (χ1v) is 5.20. The van der Waals surface area contributed by atoms with Crippen LogP contribution in [0, 0.1) is 5.82 Å². The smallest absolute Gasteiger partial charge is 0.303 e. The Morgan fingerprint density at radius 3 is 2.81 bits per heavy atom. The van der Waals surface area contributed by atoms with Crippen molar-refractivity contribution in [3.63, 3.8) is 0 Å². The summed E-state index contributed by atoms with van der Waals surface area (Å²) in [5.41, 5.74) is 1.20. The number of hydrogen-bond acceptors (Lipinski definition) is 2. The van der Waals surface area contributed by atoms with Crippen molar-refractivity contribution in [2.24, 2.45) is 0 Å². The Balaban J connectivity index is 2.63. The maximum atomic E-state index is 13.5. The van der Waals surface area contributed by atoms with Gasteiger partial charge in [0.05, 0.1) is 6.61 Å². The van der Waals surface area contributed by atoms with Gasteiger partial charge in [-0.1, -0.05) is 12.1 Å². The summed E-state index contributed by atoms with van der Waals surface area (Å²) in [4.78, 5) is 10.3. The molecule has 0 atom stereocenters. The number of carboxylic acids is 1. The van der Waals surface area contributed by atoms with Crippen LogP contribution < -0.4 is 0 Å². The molecule has 1 aromatic rings. The number of halogens is 1. The van der Waals surface area contributed by atoms with Gasteiger partial charge in [0, 0.05) is 13.0 Å². The first-order valence-electron chi connectivity index (χ1n) is 5.20. The van der Waals surface area contributed by atoms with Gasteiger partial charge >= 0.3 is 5.97 Å². The van der Waals surface area contributed by atoms with Gasteiger partial charge in [0.15, 0.2) is 0 Å². The third kappa shape index (κ3) is 3.98. The number of ether oxygens (including phenoxy) is 1. The highest BCUT2D eigenvalue weighted by Crippen LogP contribution is 2.13. The van der Waals surface area contributed by atoms with Crippen molar-refractivity contribution in [2.75, 3.05) is 6.61 Å². The molecule has 88 valence electrons. The topological polar surface area (TPSA) is 46.5 Å². The van der Waals surface area contributed by atoms with Gasteiger partial charge in [0.25, 0.3) is 0 Å². The Morgan fingerprint density at radius 2 is 2.25 bits per heavy atom. The van der Waals surface area contributed by atoms with Gasteiger partial charge in [-0.3, -0.25) is 4.79 Å². The van der Waals surface area contributed by atoms with E-state index in [-0.39, 0.29) is 18.7 Å². The number of carboxylic acid groups (broad SMARTS) is 1. The number of benzene rings is 1. The fourth-order valence-electron chi connectivity index (χ4n) is 1.34. The lowest BCUT2D eigenvalue weighted by Gasteiger charge is -2.05. The van der Waals surface area contributed by atoms with Crippen molar-refractivity contribution in [3.8, 4) is 0 Å². The molecule has 0 aliphatic rings. The quantitative estimate of drug-likeness (QED) is 0.810. The SMILES string of the molecule is CCOCc1ccc(CCC(=O)O)c(F)c1. The summed E-state index contributed by atoms with van der Waals surface area (Å²) >= 11 is 0. The molecule has 0 spiro atoms. The largest absolute Gasteiger partial charge is 0.481 e. The van der Waals surface area contributed by atoms with E-state index in [2.05, 4.69) is 0 Å². The molecule has 1 N–H and O–H groups in total. The van der Waals surface area contributed by atoms with Crippen molar-refractivity contribution < 1.29 is 19.0 Å². The van der Waals surface area contributed by atoms with Crippen LogP contribution in [0.4, 0.5) is 4.39 Å². The van der Waals surface area contributed by atoms with Crippen LogP contribution in [0.1, 0.15) is 24.5 Å². The van der Waals surface area contributed by atoms with E-state index in [0.717, 1.165) is 5.56 Å². The van der Waals surface area contributed by atoms with Crippen molar-refractivity contribution in [2.45, 2.75) is 26.4 Å². The molecule has 0 heterocycles. The summed E-state index contributed by atoms with van der Waals surface area (Å²) in [6, 6.07) is 4.77. The van der Waals surface area contributed by atoms with E-state index in [1.54, 1.807) is 12.1 Å². The molecule has 16 heavy (non-hydrogen) atoms. The van der Waals surface area contributed by atoms with E-state index in [1.165, 1.54) is 6.07 Å². The van der Waals surface area contributed by atoms with Gasteiger partial charge in [0.1, 0.15) is 5.82 Å². The van der Waals surface area contributed by atoms with E-state index < -0.39 is 5.97 Å². The molecule has 0 fully saturated rings. The molecular weight excluding hydrogens is 211 g/mol. The second kappa shape index (κ2) is 6.23. The summed E-state index contributed by atoms with van der Waals surface area (Å²) in [6.45, 7) is 2.84. The Kier molecular flexibility index (Phi) is 4.92. The van der Waals surface area contributed by atoms with Crippen LogP contribution in [-0.2, 0) is 22.6 Å². The highest BCUT2D eigenvalue weighted by atomic mass is 19.1. The fourth-order valence-corrected chi connectivity index (χ4v) is 1.34. The van der Waals surface area contributed by atoms with Crippen LogP contribution in [-0.4, -0.2) is 17.7 Å². The molecule has 0 saturated carbocycles. The van der Waals surface area contributed by atoms with E-state index >= 15 is 0 Å². The molecule has 0 unspecified atom stereocenters. The van der Waals surface area contributed by atoms with Crippen LogP contribution in [0.15, 0.2) is 18.2 Å². The van der Waals surface area contributed by atoms with E-state index in [4.69, 9.17) is 9.84 Å². The fraction of sp³-hybridized carbons (Fsp3) is 0.417. The third-order valence-electron chi connectivity index (χ3n) is 2.20. The van der Waals surface area contributed by atoms with E-state index in [9.17, 15) is 9.18 Å². The van der Waals surface area contributed by atoms with Crippen LogP contribution >= 0.6 is 0 Å². The van der Waals surface area contributed by atoms with Gasteiger partial charge in [-0.25, -0.2) is 4.39 Å². The molecule has 0 saturated heterocycles. The summed E-state index contributed by atoms with van der Waals surface area (Å²) in [5.74, 6) is -1.28. The van der Waals surface area contributed by atoms with Crippen molar-refractivity contribution in [1.82, 2.24) is 0 Å². The van der Waals surface area contributed by atoms with Crippen LogP contribution in [0.5, 0.6) is 0 Å². The zero-order valence-corrected chi connectivity index (χ0v) is 9.20. The zero-order valence-electron chi connectivity index (χ0n) is 9.20. The van der Waals surface area contributed by atoms with Gasteiger partial charge < -0.3 is 9.84 Å². The van der Waals surface area contributed by atoms with Gasteiger partial charge in [-0.2, -0.15) is 0 Å². The predicted octanol–water partition coefficient (Wildman–Crippen LogP) is 2.38. The molecule has 0 aromatic heterocycles. The highest BCUT2D eigenvalue weighted by Gasteiger charge is 2.06. The molecule has 0 aliphatic heterocycles. The molecule has 0 radical (unpaired) electrons. The predicted molar refractivity (Wildman–Crippen MR) is 57.7 cm³/mol. The third-order valence-corrected chi connectivity index (χ3v) is 2.20. The lowest BCUT2D eigenvalue weighted by molar-refractivity contribution is -0.136. The zero-order chi connectivity index (χ0) is 12.0. The van der Waals surface area contributed by atoms with Crippen molar-refractivity contribution in [3.05, 3.63) is 35.1 Å². The average molecular weight is 226 g/mol. The summed E-state index contributed by atoms with van der Waals surface area (Å²) in [6.07, 6.45) is 0.164. The number of carbonyl (C=O) groups is 1. The lowest BCUT2D eigenvalue weighted by atomic mass is 10.1. The Bertz CT molecular complexity index is 363. The maximum Gasteiger partial charge on any atom is 0.303 e. The standard InChI is InChI=1S/C12H15FO3/c1-2-16-8-9-3-4-10(11(13)7-9)5-6-12(14)15/h3-4,7H,2,5-6,8H2,1H3,(H,14,15). The Hall–Kier alpha value is -1.42. The van der Waals surface area contributed by atoms with Crippen molar-refractivity contribution >= 4 is 5.97 Å². The summed E-state index contributed by atoms with van der Waals surface area (Å²) in [7, 11) is 0. The average Bonchev–Trinajstić information content (AvgIpc) is 2.24. The second-order valence-electron chi connectivity index (χ2n) is 3.46. The lowest BCUT2D eigenvalue weighted by Crippen LogP contribution is -2.00. The van der Waals surface area contributed by atoms with Crippen LogP contribution in [0.3, 0.4) is 0 Å². The minimum Gasteiger partial charge on any atom is -0.481 e. The van der Waals surface area contributed by atoms with Gasteiger partial charge in [-0.15, -0.1) is 0 Å². The Morgan fingerprint density at radius 1 is 1.50 bits per heavy atom. The van der Waals surface area contributed by atoms with Crippen molar-refractivity contribution in [1.29, 1.82) is 0 Å². The molecule has 3 nitrogen and oxygen atoms in total. The monoisotopic (exact) mass is 226 g/mol. The number of rotatable bonds is 6. The first-order chi connectivity index (χ1) is 7.63. The molecule has 0 bridgehead atoms. The van der Waals surface area contributed by atoms with Gasteiger partial charge in [0.2, 0.25) is 0 Å². The number of aryl methyl sites for hydroxylation is 1. The van der Waals surface area contributed by atoms with Gasteiger partial charge in [-0.05, 0) is 30.5 Å². The minimum absolute atomic E-state index is 0.0538. The Labute approximate surface area is 93.9 Å². The number of aliphatic carboxylic acids is 1. The second-order valence-corrected chi connectivity index (χ2v) is 3.46. The number of hydrogen-bond donors (Lipinski definition) is 1. The molecule has 0 amide bonds. The van der Waals surface area contributed by atoms with Crippen LogP contribution in [0.2, 0.25) is 0 Å².